The van der Waals surface area contributed by atoms with E-state index in [2.05, 4.69) is 9.97 Å². The highest BCUT2D eigenvalue weighted by atomic mass is 19.4. The summed E-state index contributed by atoms with van der Waals surface area (Å²) in [7, 11) is 0. The van der Waals surface area contributed by atoms with Crippen LogP contribution in [0.25, 0.3) is 0 Å². The number of amides is 2. The van der Waals surface area contributed by atoms with Gasteiger partial charge in [0.05, 0.1) is 26.3 Å². The van der Waals surface area contributed by atoms with Gasteiger partial charge in [-0.25, -0.2) is 9.97 Å². The quantitative estimate of drug-likeness (QED) is 0.182. The Labute approximate surface area is 317 Å². The SMILES string of the molecule is O=C(COc1ccc(CO)cc1)N1CC[C@@H](Oc2ncccc2C(F)(F)F)C1.O=C(COc1ccc(CO)cc1)N1CC[C@H](Oc2ncccc2C(F)(F)F)C1. The largest absolute Gasteiger partial charge is 0.484 e. The number of aliphatic hydroxyl groups is 2. The topological polar surface area (TPSA) is 144 Å². The molecule has 12 nitrogen and oxygen atoms in total. The number of aliphatic hydroxyl groups excluding tert-OH is 2. The number of benzene rings is 2. The minimum absolute atomic E-state index is 0.0826. The van der Waals surface area contributed by atoms with Crippen LogP contribution in [0.2, 0.25) is 0 Å². The van der Waals surface area contributed by atoms with E-state index in [-0.39, 0.29) is 51.3 Å². The van der Waals surface area contributed by atoms with Gasteiger partial charge in [0.1, 0.15) is 34.8 Å². The number of likely N-dealkylation sites (tertiary alicyclic amines) is 2. The molecular formula is C38H38F6N4O8. The van der Waals surface area contributed by atoms with Gasteiger partial charge < -0.3 is 39.0 Å². The number of aromatic nitrogens is 2. The summed E-state index contributed by atoms with van der Waals surface area (Å²) >= 11 is 0. The lowest BCUT2D eigenvalue weighted by Gasteiger charge is -2.18. The molecule has 4 aromatic rings. The van der Waals surface area contributed by atoms with E-state index < -0.39 is 47.4 Å². The maximum atomic E-state index is 13.0. The van der Waals surface area contributed by atoms with E-state index in [9.17, 15) is 35.9 Å². The zero-order valence-electron chi connectivity index (χ0n) is 29.7. The number of rotatable bonds is 12. The molecular weight excluding hydrogens is 754 g/mol. The number of nitrogens with zero attached hydrogens (tertiary/aromatic N) is 4. The third-order valence-electron chi connectivity index (χ3n) is 8.64. The Hall–Kier alpha value is -5.62. The highest BCUT2D eigenvalue weighted by Gasteiger charge is 2.38. The summed E-state index contributed by atoms with van der Waals surface area (Å²) in [5.74, 6) is -0.547. The van der Waals surface area contributed by atoms with Gasteiger partial charge in [-0.15, -0.1) is 0 Å². The molecule has 2 aliphatic heterocycles. The Bertz CT molecular complexity index is 1760. The highest BCUT2D eigenvalue weighted by Crippen LogP contribution is 2.36. The number of alkyl halides is 6. The first-order valence-corrected chi connectivity index (χ1v) is 17.3. The Morgan fingerprint density at radius 3 is 1.34 bits per heavy atom. The average molecular weight is 793 g/mol. The van der Waals surface area contributed by atoms with Gasteiger partial charge in [-0.2, -0.15) is 26.3 Å². The Morgan fingerprint density at radius 1 is 0.625 bits per heavy atom. The molecule has 2 amide bonds. The fraction of sp³-hybridized carbons (Fsp3) is 0.368. The average Bonchev–Trinajstić information content (AvgIpc) is 3.86. The van der Waals surface area contributed by atoms with Crippen molar-refractivity contribution in [3.8, 4) is 23.3 Å². The van der Waals surface area contributed by atoms with Crippen LogP contribution in [0.4, 0.5) is 26.3 Å². The van der Waals surface area contributed by atoms with E-state index in [0.29, 0.717) is 37.4 Å². The van der Waals surface area contributed by atoms with Gasteiger partial charge in [0.25, 0.3) is 11.8 Å². The molecule has 0 radical (unpaired) electrons. The molecule has 2 fully saturated rings. The third kappa shape index (κ3) is 11.7. The lowest BCUT2D eigenvalue weighted by Crippen LogP contribution is -2.34. The summed E-state index contributed by atoms with van der Waals surface area (Å²) in [5.41, 5.74) is -0.416. The summed E-state index contributed by atoms with van der Waals surface area (Å²) in [6, 6.07) is 17.6. The van der Waals surface area contributed by atoms with Gasteiger partial charge in [-0.1, -0.05) is 24.3 Å². The second kappa shape index (κ2) is 18.8. The van der Waals surface area contributed by atoms with Gasteiger partial charge in [0, 0.05) is 38.3 Å². The van der Waals surface area contributed by atoms with E-state index in [1.807, 2.05) is 0 Å². The Morgan fingerprint density at radius 2 is 1.00 bits per heavy atom. The minimum Gasteiger partial charge on any atom is -0.484 e. The summed E-state index contributed by atoms with van der Waals surface area (Å²) in [5, 5.41) is 18.0. The van der Waals surface area contributed by atoms with Crippen LogP contribution in [0, 0.1) is 0 Å². The number of carbonyl (C=O) groups is 2. The maximum Gasteiger partial charge on any atom is 0.421 e. The highest BCUT2D eigenvalue weighted by molar-refractivity contribution is 5.78. The van der Waals surface area contributed by atoms with Crippen LogP contribution in [-0.2, 0) is 35.2 Å². The monoisotopic (exact) mass is 792 g/mol. The first-order chi connectivity index (χ1) is 26.7. The van der Waals surface area contributed by atoms with Crippen LogP contribution >= 0.6 is 0 Å². The minimum atomic E-state index is -4.56. The molecule has 0 unspecified atom stereocenters. The number of pyridine rings is 2. The molecule has 0 aliphatic carbocycles. The lowest BCUT2D eigenvalue weighted by molar-refractivity contribution is -0.140. The molecule has 2 aromatic carbocycles. The van der Waals surface area contributed by atoms with Gasteiger partial charge >= 0.3 is 12.4 Å². The number of ether oxygens (including phenoxy) is 4. The number of hydrogen-bond donors (Lipinski definition) is 2. The van der Waals surface area contributed by atoms with Crippen molar-refractivity contribution in [1.29, 1.82) is 0 Å². The molecule has 2 aliphatic rings. The first-order valence-electron chi connectivity index (χ1n) is 17.3. The van der Waals surface area contributed by atoms with Gasteiger partial charge in [0.2, 0.25) is 11.8 Å². The van der Waals surface area contributed by atoms with Crippen molar-refractivity contribution >= 4 is 11.8 Å². The van der Waals surface area contributed by atoms with Crippen LogP contribution in [0.3, 0.4) is 0 Å². The van der Waals surface area contributed by atoms with Gasteiger partial charge in [-0.05, 0) is 59.7 Å². The van der Waals surface area contributed by atoms with Crippen LogP contribution in [0.15, 0.2) is 85.2 Å². The van der Waals surface area contributed by atoms with E-state index in [0.717, 1.165) is 23.3 Å². The van der Waals surface area contributed by atoms with E-state index in [1.54, 1.807) is 48.5 Å². The molecule has 4 heterocycles. The molecule has 300 valence electrons. The molecule has 2 aromatic heterocycles. The van der Waals surface area contributed by atoms with Crippen molar-refractivity contribution in [3.05, 3.63) is 107 Å². The summed E-state index contributed by atoms with van der Waals surface area (Å²) in [6.07, 6.45) is -6.96. The van der Waals surface area contributed by atoms with E-state index >= 15 is 0 Å². The smallest absolute Gasteiger partial charge is 0.421 e. The molecule has 2 atom stereocenters. The molecule has 0 bridgehead atoms. The Balaban J connectivity index is 0.000000214. The second-order valence-electron chi connectivity index (χ2n) is 12.6. The zero-order chi connectivity index (χ0) is 40.3. The number of hydrogen-bond acceptors (Lipinski definition) is 10. The fourth-order valence-corrected chi connectivity index (χ4v) is 5.67. The zero-order valence-corrected chi connectivity index (χ0v) is 29.7. The molecule has 56 heavy (non-hydrogen) atoms. The molecule has 18 heteroatoms. The van der Waals surface area contributed by atoms with Crippen LogP contribution in [0.1, 0.15) is 35.1 Å². The van der Waals surface area contributed by atoms with Crippen molar-refractivity contribution in [2.24, 2.45) is 0 Å². The molecule has 0 spiro atoms. The second-order valence-corrected chi connectivity index (χ2v) is 12.6. The maximum absolute atomic E-state index is 13.0. The van der Waals surface area contributed by atoms with Crippen molar-refractivity contribution in [3.63, 3.8) is 0 Å². The summed E-state index contributed by atoms with van der Waals surface area (Å²) < 4.78 is 99.8. The van der Waals surface area contributed by atoms with Crippen molar-refractivity contribution in [2.45, 2.75) is 50.6 Å². The van der Waals surface area contributed by atoms with Gasteiger partial charge in [0.15, 0.2) is 13.2 Å². The molecule has 6 rings (SSSR count). The third-order valence-corrected chi connectivity index (χ3v) is 8.64. The summed E-state index contributed by atoms with van der Waals surface area (Å²) in [4.78, 5) is 34.9. The van der Waals surface area contributed by atoms with Crippen LogP contribution in [0.5, 0.6) is 23.3 Å². The molecule has 0 saturated carbocycles. The van der Waals surface area contributed by atoms with Crippen molar-refractivity contribution in [2.75, 3.05) is 39.4 Å². The van der Waals surface area contributed by atoms with Crippen molar-refractivity contribution in [1.82, 2.24) is 19.8 Å². The Kier molecular flexibility index (Phi) is 14.0. The predicted octanol–water partition coefficient (Wildman–Crippen LogP) is 5.30. The fourth-order valence-electron chi connectivity index (χ4n) is 5.67. The van der Waals surface area contributed by atoms with Gasteiger partial charge in [-0.3, -0.25) is 9.59 Å². The molecule has 2 saturated heterocycles. The first kappa shape index (κ1) is 41.5. The number of carbonyl (C=O) groups excluding carboxylic acids is 2. The normalized spacial score (nSPS) is 16.9. The molecule has 2 N–H and O–H groups in total. The number of halogens is 6. The standard InChI is InChI=1S/2C19H19F3N2O4/c2*20-19(21,22)16-2-1-8-23-18(16)28-15-7-9-24(10-15)17(26)12-27-14-5-3-13(11-25)4-6-14/h2*1-6,8,15,25H,7,9-12H2/t2*15-/m10/s1. The van der Waals surface area contributed by atoms with E-state index in [1.165, 1.54) is 34.3 Å². The lowest BCUT2D eigenvalue weighted by atomic mass is 10.2. The predicted molar refractivity (Wildman–Crippen MR) is 185 cm³/mol. The summed E-state index contributed by atoms with van der Waals surface area (Å²) in [6.45, 7) is 0.514. The van der Waals surface area contributed by atoms with Crippen LogP contribution < -0.4 is 18.9 Å². The van der Waals surface area contributed by atoms with Crippen LogP contribution in [-0.4, -0.2) is 93.4 Å². The van der Waals surface area contributed by atoms with E-state index in [4.69, 9.17) is 29.2 Å². The van der Waals surface area contributed by atoms with Crippen molar-refractivity contribution < 1.29 is 65.1 Å².